The van der Waals surface area contributed by atoms with Crippen LogP contribution in [0.25, 0.3) is 38.6 Å². The largest absolute Gasteiger partial charge is 0.457 e. The predicted molar refractivity (Wildman–Crippen MR) is 213 cm³/mol. The average molecular weight is 662 g/mol. The maximum Gasteiger partial charge on any atom is 0.129 e. The Hall–Kier alpha value is -6.26. The van der Waals surface area contributed by atoms with E-state index in [2.05, 4.69) is 193 Å². The number of rotatable bonds is 6. The zero-order valence-corrected chi connectivity index (χ0v) is 29.1. The Balaban J connectivity index is 1.07. The van der Waals surface area contributed by atoms with Crippen LogP contribution in [0.5, 0.6) is 11.5 Å². The van der Waals surface area contributed by atoms with Crippen molar-refractivity contribution in [1.29, 1.82) is 0 Å². The summed E-state index contributed by atoms with van der Waals surface area (Å²) in [6.45, 7) is 7.52. The van der Waals surface area contributed by atoms with Crippen LogP contribution in [0.1, 0.15) is 26.3 Å². The molecule has 0 fully saturated rings. The Bertz CT molecular complexity index is 2490. The van der Waals surface area contributed by atoms with Crippen LogP contribution in [-0.2, 0) is 5.41 Å². The standard InChI is InChI=1S/C47H39N3O/c1-47(2,3)34-27-28-39(33-15-5-4-6-16-33)46(29-34)49-32-48(44-25-11-12-26-45(44)49)35-17-13-19-37(30-35)51-38-20-14-18-36(31-38)50-42-23-9-7-21-40(42)41-22-8-10-24-43(41)50/h4-31H,32H2,1-3H3. The van der Waals surface area contributed by atoms with Gasteiger partial charge in [-0.25, -0.2) is 0 Å². The second-order valence-corrected chi connectivity index (χ2v) is 14.3. The first-order chi connectivity index (χ1) is 24.9. The molecule has 0 spiro atoms. The number of fused-ring (bicyclic) bond motifs is 4. The fourth-order valence-corrected chi connectivity index (χ4v) is 7.46. The molecule has 0 amide bonds. The van der Waals surface area contributed by atoms with Crippen molar-refractivity contribution in [3.05, 3.63) is 175 Å². The lowest BCUT2D eigenvalue weighted by atomic mass is 9.85. The van der Waals surface area contributed by atoms with Crippen LogP contribution in [0.15, 0.2) is 170 Å². The summed E-state index contributed by atoms with van der Waals surface area (Å²) >= 11 is 0. The summed E-state index contributed by atoms with van der Waals surface area (Å²) in [4.78, 5) is 4.84. The van der Waals surface area contributed by atoms with Gasteiger partial charge in [0.2, 0.25) is 0 Å². The molecular weight excluding hydrogens is 623 g/mol. The zero-order chi connectivity index (χ0) is 34.5. The lowest BCUT2D eigenvalue weighted by Crippen LogP contribution is -2.25. The lowest BCUT2D eigenvalue weighted by molar-refractivity contribution is 0.482. The van der Waals surface area contributed by atoms with Crippen molar-refractivity contribution in [2.24, 2.45) is 0 Å². The zero-order valence-electron chi connectivity index (χ0n) is 29.1. The molecule has 0 atom stereocenters. The molecule has 4 nitrogen and oxygen atoms in total. The molecule has 1 aromatic heterocycles. The van der Waals surface area contributed by atoms with Crippen molar-refractivity contribution in [3.8, 4) is 28.3 Å². The van der Waals surface area contributed by atoms with Gasteiger partial charge in [0, 0.05) is 39.8 Å². The van der Waals surface area contributed by atoms with E-state index >= 15 is 0 Å². The molecule has 7 aromatic carbocycles. The van der Waals surface area contributed by atoms with E-state index < -0.39 is 0 Å². The highest BCUT2D eigenvalue weighted by Crippen LogP contribution is 2.48. The molecule has 0 N–H and O–H groups in total. The Morgan fingerprint density at radius 2 is 1.04 bits per heavy atom. The van der Waals surface area contributed by atoms with Crippen molar-refractivity contribution >= 4 is 44.6 Å². The Kier molecular flexibility index (Phi) is 7.40. The number of anilines is 4. The van der Waals surface area contributed by atoms with Crippen molar-refractivity contribution in [2.45, 2.75) is 26.2 Å². The fourth-order valence-electron chi connectivity index (χ4n) is 7.46. The summed E-state index contributed by atoms with van der Waals surface area (Å²) in [5.41, 5.74) is 11.8. The van der Waals surface area contributed by atoms with E-state index in [9.17, 15) is 0 Å². The van der Waals surface area contributed by atoms with Crippen LogP contribution >= 0.6 is 0 Å². The number of hydrogen-bond acceptors (Lipinski definition) is 3. The Labute approximate surface area is 299 Å². The number of para-hydroxylation sites is 4. The number of aromatic nitrogens is 1. The third-order valence-electron chi connectivity index (χ3n) is 10.0. The van der Waals surface area contributed by atoms with Gasteiger partial charge in [-0.3, -0.25) is 0 Å². The summed E-state index contributed by atoms with van der Waals surface area (Å²) in [7, 11) is 0. The van der Waals surface area contributed by atoms with Crippen LogP contribution in [0.4, 0.5) is 22.7 Å². The fraction of sp³-hybridized carbons (Fsp3) is 0.106. The topological polar surface area (TPSA) is 20.6 Å². The maximum atomic E-state index is 6.62. The molecule has 4 heteroatoms. The Morgan fingerprint density at radius 1 is 0.471 bits per heavy atom. The molecule has 0 aliphatic carbocycles. The summed E-state index contributed by atoms with van der Waals surface area (Å²) < 4.78 is 8.94. The van der Waals surface area contributed by atoms with Crippen LogP contribution in [0, 0.1) is 0 Å². The third-order valence-corrected chi connectivity index (χ3v) is 10.0. The van der Waals surface area contributed by atoms with Gasteiger partial charge in [-0.05, 0) is 71.1 Å². The van der Waals surface area contributed by atoms with Crippen LogP contribution in [0.3, 0.4) is 0 Å². The first kappa shape index (κ1) is 30.8. The number of ether oxygens (including phenoxy) is 1. The van der Waals surface area contributed by atoms with E-state index in [1.54, 1.807) is 0 Å². The molecule has 0 bridgehead atoms. The minimum absolute atomic E-state index is 0.0212. The monoisotopic (exact) mass is 661 g/mol. The normalized spacial score (nSPS) is 12.8. The minimum atomic E-state index is 0.0212. The molecule has 51 heavy (non-hydrogen) atoms. The highest BCUT2D eigenvalue weighted by Gasteiger charge is 2.30. The summed E-state index contributed by atoms with van der Waals surface area (Å²) in [6, 6.07) is 60.4. The molecule has 2 heterocycles. The van der Waals surface area contributed by atoms with Crippen LogP contribution in [0.2, 0.25) is 0 Å². The summed E-state index contributed by atoms with van der Waals surface area (Å²) in [5, 5.41) is 2.49. The highest BCUT2D eigenvalue weighted by molar-refractivity contribution is 6.09. The van der Waals surface area contributed by atoms with E-state index in [1.165, 1.54) is 55.6 Å². The predicted octanol–water partition coefficient (Wildman–Crippen LogP) is 12.8. The summed E-state index contributed by atoms with van der Waals surface area (Å²) in [5.74, 6) is 1.59. The summed E-state index contributed by atoms with van der Waals surface area (Å²) in [6.07, 6.45) is 0. The third kappa shape index (κ3) is 5.50. The highest BCUT2D eigenvalue weighted by atomic mass is 16.5. The van der Waals surface area contributed by atoms with Crippen molar-refractivity contribution in [2.75, 3.05) is 16.5 Å². The van der Waals surface area contributed by atoms with Crippen LogP contribution in [-0.4, -0.2) is 11.2 Å². The van der Waals surface area contributed by atoms with Crippen molar-refractivity contribution in [1.82, 2.24) is 4.57 Å². The quantitative estimate of drug-likeness (QED) is 0.177. The molecular formula is C47H39N3O. The first-order valence-corrected chi connectivity index (χ1v) is 17.6. The molecule has 9 rings (SSSR count). The van der Waals surface area contributed by atoms with E-state index in [1.807, 2.05) is 12.1 Å². The number of hydrogen-bond donors (Lipinski definition) is 0. The molecule has 248 valence electrons. The SMILES string of the molecule is CC(C)(C)c1ccc(-c2ccccc2)c(N2CN(c3cccc(Oc4cccc(-n5c6ccccc6c6ccccc65)c4)c3)c3ccccc32)c1. The van der Waals surface area contributed by atoms with Crippen molar-refractivity contribution in [3.63, 3.8) is 0 Å². The molecule has 0 saturated heterocycles. The number of benzene rings is 7. The number of nitrogens with zero attached hydrogens (tertiary/aromatic N) is 3. The Morgan fingerprint density at radius 3 is 1.71 bits per heavy atom. The molecule has 0 saturated carbocycles. The van der Waals surface area contributed by atoms with Gasteiger partial charge in [0.1, 0.15) is 18.2 Å². The second kappa shape index (κ2) is 12.3. The smallest absolute Gasteiger partial charge is 0.129 e. The van der Waals surface area contributed by atoms with Gasteiger partial charge >= 0.3 is 0 Å². The molecule has 0 unspecified atom stereocenters. The van der Waals surface area contributed by atoms with Gasteiger partial charge < -0.3 is 19.1 Å². The van der Waals surface area contributed by atoms with Gasteiger partial charge in [-0.2, -0.15) is 0 Å². The van der Waals surface area contributed by atoms with E-state index in [4.69, 9.17) is 4.74 Å². The second-order valence-electron chi connectivity index (χ2n) is 14.3. The molecule has 1 aliphatic heterocycles. The van der Waals surface area contributed by atoms with E-state index in [-0.39, 0.29) is 5.41 Å². The van der Waals surface area contributed by atoms with E-state index in [0.29, 0.717) is 6.67 Å². The van der Waals surface area contributed by atoms with Gasteiger partial charge in [-0.15, -0.1) is 0 Å². The van der Waals surface area contributed by atoms with Gasteiger partial charge in [0.25, 0.3) is 0 Å². The average Bonchev–Trinajstić information content (AvgIpc) is 3.71. The molecule has 1 aliphatic rings. The van der Waals surface area contributed by atoms with Gasteiger partial charge in [-0.1, -0.05) is 124 Å². The van der Waals surface area contributed by atoms with Gasteiger partial charge in [0.15, 0.2) is 0 Å². The van der Waals surface area contributed by atoms with Crippen molar-refractivity contribution < 1.29 is 4.74 Å². The lowest BCUT2D eigenvalue weighted by Gasteiger charge is -2.27. The molecule has 0 radical (unpaired) electrons. The molecule has 8 aromatic rings. The van der Waals surface area contributed by atoms with Gasteiger partial charge in [0.05, 0.1) is 28.1 Å². The maximum absolute atomic E-state index is 6.62. The first-order valence-electron chi connectivity index (χ1n) is 17.6. The van der Waals surface area contributed by atoms with E-state index in [0.717, 1.165) is 22.9 Å². The van der Waals surface area contributed by atoms with Crippen LogP contribution < -0.4 is 14.5 Å². The minimum Gasteiger partial charge on any atom is -0.457 e.